The third kappa shape index (κ3) is 3.37. The lowest BCUT2D eigenvalue weighted by molar-refractivity contribution is -0.122. The lowest BCUT2D eigenvalue weighted by atomic mass is 9.86. The summed E-state index contributed by atoms with van der Waals surface area (Å²) in [7, 11) is 1.92. The molecule has 1 amide bonds. The standard InChI is InChI=1S/C20H27N3O/c1-13-15(12-22-23(13)5)11-21-19(24)18-10-17(18)14-6-8-16(9-7-14)20(2,3)4/h6-9,12,17-18H,10-11H2,1-5H3,(H,21,24)/t17-,18+/m0/s1. The van der Waals surface area contributed by atoms with Gasteiger partial charge < -0.3 is 5.32 Å². The normalized spacial score (nSPS) is 20.0. The van der Waals surface area contributed by atoms with Gasteiger partial charge in [-0.05, 0) is 35.8 Å². The number of benzene rings is 1. The monoisotopic (exact) mass is 325 g/mol. The fourth-order valence-corrected chi connectivity index (χ4v) is 3.11. The first kappa shape index (κ1) is 16.7. The van der Waals surface area contributed by atoms with Crippen LogP contribution in [0.2, 0.25) is 0 Å². The predicted molar refractivity (Wildman–Crippen MR) is 95.8 cm³/mol. The van der Waals surface area contributed by atoms with Crippen LogP contribution in [0, 0.1) is 12.8 Å². The van der Waals surface area contributed by atoms with Crippen LogP contribution in [-0.4, -0.2) is 15.7 Å². The van der Waals surface area contributed by atoms with E-state index in [1.807, 2.05) is 24.9 Å². The maximum absolute atomic E-state index is 12.4. The number of aryl methyl sites for hydroxylation is 1. The number of hydrogen-bond donors (Lipinski definition) is 1. The van der Waals surface area contributed by atoms with Crippen LogP contribution in [0.1, 0.15) is 55.5 Å². The van der Waals surface area contributed by atoms with Gasteiger partial charge in [-0.3, -0.25) is 9.48 Å². The van der Waals surface area contributed by atoms with Crippen LogP contribution >= 0.6 is 0 Å². The molecule has 0 saturated heterocycles. The van der Waals surface area contributed by atoms with Crippen molar-refractivity contribution in [3.63, 3.8) is 0 Å². The van der Waals surface area contributed by atoms with E-state index in [-0.39, 0.29) is 17.2 Å². The molecule has 1 N–H and O–H groups in total. The van der Waals surface area contributed by atoms with Gasteiger partial charge in [-0.2, -0.15) is 5.10 Å². The first-order valence-electron chi connectivity index (χ1n) is 8.63. The molecule has 24 heavy (non-hydrogen) atoms. The molecule has 0 spiro atoms. The summed E-state index contributed by atoms with van der Waals surface area (Å²) in [5.74, 6) is 0.639. The van der Waals surface area contributed by atoms with Crippen molar-refractivity contribution in [3.8, 4) is 0 Å². The van der Waals surface area contributed by atoms with Gasteiger partial charge in [-0.25, -0.2) is 0 Å². The van der Waals surface area contributed by atoms with Crippen molar-refractivity contribution in [3.05, 3.63) is 52.8 Å². The minimum Gasteiger partial charge on any atom is -0.352 e. The van der Waals surface area contributed by atoms with E-state index in [0.717, 1.165) is 17.7 Å². The van der Waals surface area contributed by atoms with E-state index in [1.54, 1.807) is 0 Å². The molecule has 1 aromatic carbocycles. The summed E-state index contributed by atoms with van der Waals surface area (Å²) in [6, 6.07) is 8.76. The van der Waals surface area contributed by atoms with Crippen molar-refractivity contribution in [2.75, 3.05) is 0 Å². The van der Waals surface area contributed by atoms with Crippen LogP contribution in [0.25, 0.3) is 0 Å². The van der Waals surface area contributed by atoms with Crippen LogP contribution in [0.4, 0.5) is 0 Å². The number of carbonyl (C=O) groups is 1. The Bertz CT molecular complexity index is 737. The summed E-state index contributed by atoms with van der Waals surface area (Å²) in [4.78, 5) is 12.4. The lowest BCUT2D eigenvalue weighted by Crippen LogP contribution is -2.25. The van der Waals surface area contributed by atoms with Gasteiger partial charge in [0.15, 0.2) is 0 Å². The van der Waals surface area contributed by atoms with Gasteiger partial charge in [0, 0.05) is 30.8 Å². The molecule has 1 fully saturated rings. The van der Waals surface area contributed by atoms with Crippen LogP contribution in [0.5, 0.6) is 0 Å². The summed E-state index contributed by atoms with van der Waals surface area (Å²) >= 11 is 0. The van der Waals surface area contributed by atoms with Gasteiger partial charge in [0.1, 0.15) is 0 Å². The van der Waals surface area contributed by atoms with Crippen molar-refractivity contribution in [2.45, 2.75) is 52.0 Å². The molecule has 4 heteroatoms. The van der Waals surface area contributed by atoms with Crippen molar-refractivity contribution < 1.29 is 4.79 Å². The van der Waals surface area contributed by atoms with Gasteiger partial charge in [0.05, 0.1) is 6.20 Å². The molecule has 2 atom stereocenters. The largest absolute Gasteiger partial charge is 0.352 e. The number of hydrogen-bond acceptors (Lipinski definition) is 2. The zero-order valence-electron chi connectivity index (χ0n) is 15.3. The lowest BCUT2D eigenvalue weighted by Gasteiger charge is -2.19. The third-order valence-electron chi connectivity index (χ3n) is 5.12. The molecule has 0 unspecified atom stereocenters. The molecular formula is C20H27N3O. The number of nitrogens with one attached hydrogen (secondary N) is 1. The van der Waals surface area contributed by atoms with E-state index in [4.69, 9.17) is 0 Å². The van der Waals surface area contributed by atoms with E-state index < -0.39 is 0 Å². The SMILES string of the molecule is Cc1c(CNC(=O)[C@@H]2C[C@H]2c2ccc(C(C)(C)C)cc2)cnn1C. The van der Waals surface area contributed by atoms with Gasteiger partial charge in [-0.15, -0.1) is 0 Å². The summed E-state index contributed by atoms with van der Waals surface area (Å²) in [5, 5.41) is 7.27. The third-order valence-corrected chi connectivity index (χ3v) is 5.12. The maximum atomic E-state index is 12.4. The molecule has 1 saturated carbocycles. The molecule has 2 aromatic rings. The predicted octanol–water partition coefficient (Wildman–Crippen LogP) is 3.45. The molecule has 128 valence electrons. The highest BCUT2D eigenvalue weighted by atomic mass is 16.2. The Morgan fingerprint density at radius 1 is 1.29 bits per heavy atom. The average molecular weight is 325 g/mol. The van der Waals surface area contributed by atoms with Crippen molar-refractivity contribution >= 4 is 5.91 Å². The number of rotatable bonds is 4. The molecule has 1 aliphatic carbocycles. The van der Waals surface area contributed by atoms with E-state index in [0.29, 0.717) is 12.5 Å². The van der Waals surface area contributed by atoms with Crippen LogP contribution in [0.3, 0.4) is 0 Å². The topological polar surface area (TPSA) is 46.9 Å². The molecule has 1 aromatic heterocycles. The summed E-state index contributed by atoms with van der Waals surface area (Å²) in [6.07, 6.45) is 2.78. The Kier molecular flexibility index (Phi) is 4.24. The molecule has 1 heterocycles. The second-order valence-corrected chi connectivity index (χ2v) is 7.92. The van der Waals surface area contributed by atoms with Gasteiger partial charge in [0.2, 0.25) is 5.91 Å². The van der Waals surface area contributed by atoms with Gasteiger partial charge >= 0.3 is 0 Å². The maximum Gasteiger partial charge on any atom is 0.224 e. The van der Waals surface area contributed by atoms with Crippen molar-refractivity contribution in [2.24, 2.45) is 13.0 Å². The second kappa shape index (κ2) is 6.08. The van der Waals surface area contributed by atoms with Crippen LogP contribution < -0.4 is 5.32 Å². The Balaban J connectivity index is 1.56. The quantitative estimate of drug-likeness (QED) is 0.936. The zero-order chi connectivity index (χ0) is 17.5. The van der Waals surface area contributed by atoms with Gasteiger partial charge in [-0.1, -0.05) is 45.0 Å². The zero-order valence-corrected chi connectivity index (χ0v) is 15.3. The molecule has 3 rings (SSSR count). The number of carbonyl (C=O) groups excluding carboxylic acids is 1. The van der Waals surface area contributed by atoms with E-state index in [9.17, 15) is 4.79 Å². The first-order chi connectivity index (χ1) is 11.3. The average Bonchev–Trinajstić information content (AvgIpc) is 3.27. The Labute approximate surface area is 144 Å². The first-order valence-corrected chi connectivity index (χ1v) is 8.63. The highest BCUT2D eigenvalue weighted by molar-refractivity contribution is 5.82. The number of aromatic nitrogens is 2. The van der Waals surface area contributed by atoms with Gasteiger partial charge in [0.25, 0.3) is 0 Å². The Morgan fingerprint density at radius 2 is 1.96 bits per heavy atom. The van der Waals surface area contributed by atoms with E-state index in [2.05, 4.69) is 55.5 Å². The molecule has 0 aliphatic heterocycles. The van der Waals surface area contributed by atoms with Crippen LogP contribution in [-0.2, 0) is 23.8 Å². The molecule has 1 aliphatic rings. The fourth-order valence-electron chi connectivity index (χ4n) is 3.11. The highest BCUT2D eigenvalue weighted by Crippen LogP contribution is 2.47. The van der Waals surface area contributed by atoms with Crippen molar-refractivity contribution in [1.29, 1.82) is 0 Å². The summed E-state index contributed by atoms with van der Waals surface area (Å²) in [6.45, 7) is 9.23. The second-order valence-electron chi connectivity index (χ2n) is 7.92. The summed E-state index contributed by atoms with van der Waals surface area (Å²) < 4.78 is 1.83. The Hall–Kier alpha value is -2.10. The molecule has 4 nitrogen and oxygen atoms in total. The highest BCUT2D eigenvalue weighted by Gasteiger charge is 2.43. The smallest absolute Gasteiger partial charge is 0.224 e. The summed E-state index contributed by atoms with van der Waals surface area (Å²) in [5.41, 5.74) is 4.96. The van der Waals surface area contributed by atoms with E-state index in [1.165, 1.54) is 11.1 Å². The van der Waals surface area contributed by atoms with Crippen molar-refractivity contribution in [1.82, 2.24) is 15.1 Å². The molecule has 0 bridgehead atoms. The molecular weight excluding hydrogens is 298 g/mol. The number of nitrogens with zero attached hydrogens (tertiary/aromatic N) is 2. The number of amides is 1. The van der Waals surface area contributed by atoms with Crippen LogP contribution in [0.15, 0.2) is 30.5 Å². The molecule has 0 radical (unpaired) electrons. The fraction of sp³-hybridized carbons (Fsp3) is 0.500. The minimum atomic E-state index is 0.113. The minimum absolute atomic E-state index is 0.113. The van der Waals surface area contributed by atoms with E-state index >= 15 is 0 Å². The Morgan fingerprint density at radius 3 is 2.50 bits per heavy atom.